The first-order chi connectivity index (χ1) is 18.0. The smallest absolute Gasteiger partial charge is 0.243 e. The van der Waals surface area contributed by atoms with Crippen LogP contribution < -0.4 is 22.1 Å². The quantitative estimate of drug-likeness (QED) is 0.243. The molecule has 2 aromatic carbocycles. The molecule has 1 unspecified atom stereocenters. The molecule has 0 heterocycles. The number of hydrogen-bond acceptors (Lipinski definition) is 5. The summed E-state index contributed by atoms with van der Waals surface area (Å²) in [6, 6.07) is 16.9. The predicted molar refractivity (Wildman–Crippen MR) is 150 cm³/mol. The van der Waals surface area contributed by atoms with Crippen molar-refractivity contribution < 1.29 is 19.5 Å². The van der Waals surface area contributed by atoms with E-state index in [0.717, 1.165) is 11.1 Å². The Balaban J connectivity index is 2.19. The highest BCUT2D eigenvalue weighted by Crippen LogP contribution is 2.19. The maximum atomic E-state index is 13.6. The van der Waals surface area contributed by atoms with Crippen molar-refractivity contribution in [3.8, 4) is 0 Å². The van der Waals surface area contributed by atoms with Crippen molar-refractivity contribution >= 4 is 17.7 Å². The predicted octanol–water partition coefficient (Wildman–Crippen LogP) is 2.32. The highest BCUT2D eigenvalue weighted by Gasteiger charge is 2.33. The van der Waals surface area contributed by atoms with Crippen molar-refractivity contribution in [3.63, 3.8) is 0 Å². The Labute approximate surface area is 226 Å². The van der Waals surface area contributed by atoms with Crippen molar-refractivity contribution in [1.29, 1.82) is 0 Å². The maximum absolute atomic E-state index is 13.6. The molecule has 0 radical (unpaired) electrons. The van der Waals surface area contributed by atoms with Gasteiger partial charge in [0.25, 0.3) is 0 Å². The summed E-state index contributed by atoms with van der Waals surface area (Å²) in [5.41, 5.74) is 13.8. The van der Waals surface area contributed by atoms with Crippen LogP contribution in [0.15, 0.2) is 60.7 Å². The molecule has 38 heavy (non-hydrogen) atoms. The zero-order valence-corrected chi connectivity index (χ0v) is 23.0. The van der Waals surface area contributed by atoms with E-state index in [1.165, 1.54) is 0 Å². The third-order valence-electron chi connectivity index (χ3n) is 7.09. The lowest BCUT2D eigenvalue weighted by Crippen LogP contribution is -2.57. The molecule has 0 spiro atoms. The highest BCUT2D eigenvalue weighted by molar-refractivity contribution is 5.92. The fraction of sp³-hybridized carbons (Fsp3) is 0.500. The lowest BCUT2D eigenvalue weighted by Gasteiger charge is -2.29. The van der Waals surface area contributed by atoms with Gasteiger partial charge in [-0.05, 0) is 42.2 Å². The fourth-order valence-corrected chi connectivity index (χ4v) is 4.45. The molecule has 0 saturated heterocycles. The highest BCUT2D eigenvalue weighted by atomic mass is 16.3. The summed E-state index contributed by atoms with van der Waals surface area (Å²) < 4.78 is 0. The van der Waals surface area contributed by atoms with Gasteiger partial charge in [0.05, 0.1) is 6.10 Å². The van der Waals surface area contributed by atoms with Gasteiger partial charge in [0.2, 0.25) is 17.7 Å². The van der Waals surface area contributed by atoms with Gasteiger partial charge in [-0.1, -0.05) is 94.8 Å². The van der Waals surface area contributed by atoms with Crippen LogP contribution in [0.3, 0.4) is 0 Å². The van der Waals surface area contributed by atoms with Crippen LogP contribution in [0.5, 0.6) is 0 Å². The molecule has 0 aliphatic carbocycles. The largest absolute Gasteiger partial charge is 0.391 e. The zero-order chi connectivity index (χ0) is 28.2. The third kappa shape index (κ3) is 9.58. The van der Waals surface area contributed by atoms with Gasteiger partial charge in [-0.15, -0.1) is 0 Å². The average Bonchev–Trinajstić information content (AvgIpc) is 2.89. The molecule has 6 atom stereocenters. The lowest BCUT2D eigenvalue weighted by molar-refractivity contribution is -0.134. The standard InChI is InChI=1S/C30H44N4O4/c1-5-20(4)27(28(32)36)34-30(38)26(19(2)3)33-29(37)23(16-21-12-8-6-9-13-21)18-25(35)24(31)17-22-14-10-7-11-15-22/h6-15,19-20,23-27,35H,5,16-18,31H2,1-4H3,(H2,32,36)(H,33,37)(H,34,38)/t20?,23-,24-,25+,26-,27-/m0/s1. The van der Waals surface area contributed by atoms with E-state index in [4.69, 9.17) is 11.5 Å². The van der Waals surface area contributed by atoms with Crippen LogP contribution in [-0.2, 0) is 27.2 Å². The van der Waals surface area contributed by atoms with E-state index in [9.17, 15) is 19.5 Å². The SMILES string of the molecule is CCC(C)[C@H](NC(=O)[C@@H](NC(=O)[C@@H](Cc1ccccc1)C[C@@H](O)[C@@H](N)Cc1ccccc1)C(C)C)C(N)=O. The first kappa shape index (κ1) is 31.0. The van der Waals surface area contributed by atoms with E-state index in [-0.39, 0.29) is 24.2 Å². The second kappa shape index (κ2) is 15.2. The molecule has 0 fully saturated rings. The van der Waals surface area contributed by atoms with E-state index in [1.807, 2.05) is 88.4 Å². The van der Waals surface area contributed by atoms with Gasteiger partial charge in [0.15, 0.2) is 0 Å². The Bertz CT molecular complexity index is 1020. The van der Waals surface area contributed by atoms with Crippen molar-refractivity contribution in [2.24, 2.45) is 29.2 Å². The van der Waals surface area contributed by atoms with Crippen molar-refractivity contribution in [2.45, 2.75) is 77.6 Å². The van der Waals surface area contributed by atoms with Gasteiger partial charge in [0, 0.05) is 12.0 Å². The molecule has 0 aromatic heterocycles. The van der Waals surface area contributed by atoms with Crippen LogP contribution >= 0.6 is 0 Å². The molecule has 0 bridgehead atoms. The monoisotopic (exact) mass is 524 g/mol. The molecular weight excluding hydrogens is 480 g/mol. The Morgan fingerprint density at radius 2 is 1.32 bits per heavy atom. The number of primary amides is 1. The lowest BCUT2D eigenvalue weighted by atomic mass is 9.88. The van der Waals surface area contributed by atoms with Crippen LogP contribution in [0.4, 0.5) is 0 Å². The number of amides is 3. The van der Waals surface area contributed by atoms with Crippen LogP contribution in [0.25, 0.3) is 0 Å². The second-order valence-corrected chi connectivity index (χ2v) is 10.5. The van der Waals surface area contributed by atoms with E-state index < -0.39 is 42.0 Å². The molecular formula is C30H44N4O4. The molecule has 7 N–H and O–H groups in total. The average molecular weight is 525 g/mol. The van der Waals surface area contributed by atoms with Gasteiger partial charge in [-0.25, -0.2) is 0 Å². The summed E-state index contributed by atoms with van der Waals surface area (Å²) in [5, 5.41) is 16.6. The zero-order valence-electron chi connectivity index (χ0n) is 23.0. The van der Waals surface area contributed by atoms with E-state index in [1.54, 1.807) is 0 Å². The molecule has 208 valence electrons. The minimum atomic E-state index is -0.925. The molecule has 2 aromatic rings. The number of benzene rings is 2. The summed E-state index contributed by atoms with van der Waals surface area (Å²) in [7, 11) is 0. The molecule has 8 heteroatoms. The van der Waals surface area contributed by atoms with Gasteiger partial charge >= 0.3 is 0 Å². The Morgan fingerprint density at radius 3 is 1.79 bits per heavy atom. The number of nitrogens with one attached hydrogen (secondary N) is 2. The van der Waals surface area contributed by atoms with Crippen molar-refractivity contribution in [3.05, 3.63) is 71.8 Å². The van der Waals surface area contributed by atoms with Gasteiger partial charge in [-0.3, -0.25) is 14.4 Å². The van der Waals surface area contributed by atoms with Crippen LogP contribution in [0, 0.1) is 17.8 Å². The summed E-state index contributed by atoms with van der Waals surface area (Å²) >= 11 is 0. The van der Waals surface area contributed by atoms with Gasteiger partial charge < -0.3 is 27.2 Å². The van der Waals surface area contributed by atoms with Crippen molar-refractivity contribution in [1.82, 2.24) is 10.6 Å². The molecule has 0 aliphatic rings. The summed E-state index contributed by atoms with van der Waals surface area (Å²) in [6.07, 6.45) is 0.726. The number of carbonyl (C=O) groups is 3. The molecule has 2 rings (SSSR count). The molecule has 0 aliphatic heterocycles. The summed E-state index contributed by atoms with van der Waals surface area (Å²) in [4.78, 5) is 38.7. The normalized spacial score (nSPS) is 16.1. The number of hydrogen-bond donors (Lipinski definition) is 5. The number of rotatable bonds is 15. The van der Waals surface area contributed by atoms with Gasteiger partial charge in [0.1, 0.15) is 12.1 Å². The van der Waals surface area contributed by atoms with E-state index in [0.29, 0.717) is 19.3 Å². The second-order valence-electron chi connectivity index (χ2n) is 10.5. The minimum absolute atomic E-state index is 0.137. The van der Waals surface area contributed by atoms with Crippen LogP contribution in [-0.4, -0.2) is 47.1 Å². The Kier molecular flexibility index (Phi) is 12.4. The molecule has 0 saturated carbocycles. The number of aliphatic hydroxyl groups excluding tert-OH is 1. The maximum Gasteiger partial charge on any atom is 0.243 e. The Hall–Kier alpha value is -3.23. The number of nitrogens with two attached hydrogens (primary N) is 2. The van der Waals surface area contributed by atoms with Crippen LogP contribution in [0.1, 0.15) is 51.7 Å². The summed E-state index contributed by atoms with van der Waals surface area (Å²) in [6.45, 7) is 7.40. The third-order valence-corrected chi connectivity index (χ3v) is 7.09. The van der Waals surface area contributed by atoms with Gasteiger partial charge in [-0.2, -0.15) is 0 Å². The van der Waals surface area contributed by atoms with E-state index >= 15 is 0 Å². The van der Waals surface area contributed by atoms with Crippen LogP contribution in [0.2, 0.25) is 0 Å². The topological polar surface area (TPSA) is 148 Å². The molecule has 8 nitrogen and oxygen atoms in total. The minimum Gasteiger partial charge on any atom is -0.391 e. The first-order valence-electron chi connectivity index (χ1n) is 13.4. The van der Waals surface area contributed by atoms with Crippen molar-refractivity contribution in [2.75, 3.05) is 0 Å². The number of carbonyl (C=O) groups excluding carboxylic acids is 3. The molecule has 3 amide bonds. The summed E-state index contributed by atoms with van der Waals surface area (Å²) in [5.74, 6) is -2.44. The number of aliphatic hydroxyl groups is 1. The Morgan fingerprint density at radius 1 is 0.816 bits per heavy atom. The van der Waals surface area contributed by atoms with E-state index in [2.05, 4.69) is 10.6 Å². The first-order valence-corrected chi connectivity index (χ1v) is 13.4. The fourth-order valence-electron chi connectivity index (χ4n) is 4.45.